The number of sulfonamides is 1. The average Bonchev–Trinajstić information content (AvgIpc) is 2.39. The van der Waals surface area contributed by atoms with Gasteiger partial charge in [-0.05, 0) is 57.0 Å². The molecule has 2 rings (SSSR count). The minimum atomic E-state index is -3.47. The molecular weight excluding hydrogens is 296 g/mol. The fourth-order valence-corrected chi connectivity index (χ4v) is 4.64. The molecule has 112 valence electrons. The molecule has 1 aliphatic rings. The Hall–Kier alpha value is -0.620. The molecule has 0 atom stereocenters. The highest BCUT2D eigenvalue weighted by atomic mass is 35.5. The minimum Gasteiger partial charge on any atom is -0.319 e. The van der Waals surface area contributed by atoms with Crippen LogP contribution in [0.2, 0.25) is 5.02 Å². The molecule has 0 spiro atoms. The van der Waals surface area contributed by atoms with E-state index in [2.05, 4.69) is 5.32 Å². The summed E-state index contributed by atoms with van der Waals surface area (Å²) in [6, 6.07) is 5.08. The number of hydrogen-bond acceptors (Lipinski definition) is 3. The van der Waals surface area contributed by atoms with Gasteiger partial charge in [-0.2, -0.15) is 4.31 Å². The van der Waals surface area contributed by atoms with Crippen molar-refractivity contribution < 1.29 is 8.42 Å². The van der Waals surface area contributed by atoms with Crippen molar-refractivity contribution in [2.45, 2.75) is 24.7 Å². The van der Waals surface area contributed by atoms with Crippen molar-refractivity contribution in [1.82, 2.24) is 9.62 Å². The Morgan fingerprint density at radius 1 is 1.35 bits per heavy atom. The minimum absolute atomic E-state index is 0.219. The number of aryl methyl sites for hydroxylation is 1. The van der Waals surface area contributed by atoms with Crippen molar-refractivity contribution in [2.75, 3.05) is 26.7 Å². The van der Waals surface area contributed by atoms with Gasteiger partial charge in [0.15, 0.2) is 0 Å². The van der Waals surface area contributed by atoms with E-state index in [4.69, 9.17) is 11.6 Å². The van der Waals surface area contributed by atoms with E-state index in [0.29, 0.717) is 24.0 Å². The lowest BCUT2D eigenvalue weighted by atomic mass is 9.98. The maximum absolute atomic E-state index is 12.6. The number of benzene rings is 1. The normalized spacial score (nSPS) is 18.4. The van der Waals surface area contributed by atoms with Gasteiger partial charge in [-0.25, -0.2) is 8.42 Å². The zero-order valence-corrected chi connectivity index (χ0v) is 13.5. The molecule has 0 bridgehead atoms. The number of rotatable bonds is 4. The van der Waals surface area contributed by atoms with Crippen molar-refractivity contribution in [3.8, 4) is 0 Å². The Morgan fingerprint density at radius 2 is 2.00 bits per heavy atom. The van der Waals surface area contributed by atoms with Crippen molar-refractivity contribution in [2.24, 2.45) is 5.92 Å². The van der Waals surface area contributed by atoms with Gasteiger partial charge in [0.2, 0.25) is 10.0 Å². The zero-order chi connectivity index (χ0) is 14.8. The zero-order valence-electron chi connectivity index (χ0n) is 11.9. The summed E-state index contributed by atoms with van der Waals surface area (Å²) < 4.78 is 26.8. The summed E-state index contributed by atoms with van der Waals surface area (Å²) in [5.41, 5.74) is 0.960. The van der Waals surface area contributed by atoms with Gasteiger partial charge in [-0.1, -0.05) is 17.7 Å². The highest BCUT2D eigenvalue weighted by Gasteiger charge is 2.30. The van der Waals surface area contributed by atoms with Gasteiger partial charge >= 0.3 is 0 Å². The third-order valence-electron chi connectivity index (χ3n) is 3.77. The molecule has 1 heterocycles. The van der Waals surface area contributed by atoms with E-state index in [1.54, 1.807) is 22.5 Å². The first-order chi connectivity index (χ1) is 9.45. The van der Waals surface area contributed by atoms with Crippen LogP contribution in [0.4, 0.5) is 0 Å². The van der Waals surface area contributed by atoms with Crippen LogP contribution >= 0.6 is 11.6 Å². The molecule has 0 radical (unpaired) electrons. The van der Waals surface area contributed by atoms with E-state index in [9.17, 15) is 8.42 Å². The Labute approximate surface area is 126 Å². The molecular formula is C14H21ClN2O2S. The van der Waals surface area contributed by atoms with E-state index in [1.165, 1.54) is 0 Å². The largest absolute Gasteiger partial charge is 0.319 e. The fourth-order valence-electron chi connectivity index (χ4n) is 2.60. The third-order valence-corrected chi connectivity index (χ3v) is 6.15. The topological polar surface area (TPSA) is 49.4 Å². The lowest BCUT2D eigenvalue weighted by molar-refractivity contribution is 0.270. The van der Waals surface area contributed by atoms with Crippen LogP contribution in [-0.2, 0) is 10.0 Å². The molecule has 6 heteroatoms. The number of nitrogens with zero attached hydrogens (tertiary/aromatic N) is 1. The number of nitrogens with one attached hydrogen (secondary N) is 1. The molecule has 1 fully saturated rings. The van der Waals surface area contributed by atoms with Gasteiger partial charge in [0.25, 0.3) is 0 Å². The van der Waals surface area contributed by atoms with E-state index in [1.807, 2.05) is 14.0 Å². The lowest BCUT2D eigenvalue weighted by Crippen LogP contribution is -2.40. The SMILES string of the molecule is CNCC1CCN(S(=O)(=O)c2ccc(C)cc2Cl)CC1. The summed E-state index contributed by atoms with van der Waals surface area (Å²) in [6.07, 6.45) is 1.78. The summed E-state index contributed by atoms with van der Waals surface area (Å²) >= 11 is 6.10. The third kappa shape index (κ3) is 3.34. The summed E-state index contributed by atoms with van der Waals surface area (Å²) in [4.78, 5) is 0.219. The Kier molecular flexibility index (Phi) is 5.07. The molecule has 1 aromatic carbocycles. The first-order valence-electron chi connectivity index (χ1n) is 6.86. The van der Waals surface area contributed by atoms with E-state index < -0.39 is 10.0 Å². The van der Waals surface area contributed by atoms with E-state index in [0.717, 1.165) is 24.9 Å². The molecule has 1 aromatic rings. The van der Waals surface area contributed by atoms with Crippen LogP contribution in [0.3, 0.4) is 0 Å². The first-order valence-corrected chi connectivity index (χ1v) is 8.68. The van der Waals surface area contributed by atoms with Crippen LogP contribution in [-0.4, -0.2) is 39.4 Å². The summed E-state index contributed by atoms with van der Waals surface area (Å²) in [7, 11) is -1.54. The molecule has 0 saturated carbocycles. The molecule has 0 amide bonds. The van der Waals surface area contributed by atoms with E-state index in [-0.39, 0.29) is 4.90 Å². The summed E-state index contributed by atoms with van der Waals surface area (Å²) in [6.45, 7) is 3.97. The maximum atomic E-state index is 12.6. The Balaban J connectivity index is 2.15. The predicted octanol–water partition coefficient (Wildman–Crippen LogP) is 2.27. The smallest absolute Gasteiger partial charge is 0.244 e. The molecule has 4 nitrogen and oxygen atoms in total. The van der Waals surface area contributed by atoms with Crippen molar-refractivity contribution in [3.05, 3.63) is 28.8 Å². The fraction of sp³-hybridized carbons (Fsp3) is 0.571. The van der Waals surface area contributed by atoms with Gasteiger partial charge < -0.3 is 5.32 Å². The van der Waals surface area contributed by atoms with Crippen LogP contribution in [0.1, 0.15) is 18.4 Å². The van der Waals surface area contributed by atoms with Gasteiger partial charge in [0.05, 0.1) is 5.02 Å². The van der Waals surface area contributed by atoms with E-state index >= 15 is 0 Å². The number of halogens is 1. The monoisotopic (exact) mass is 316 g/mol. The van der Waals surface area contributed by atoms with Crippen LogP contribution in [0.5, 0.6) is 0 Å². The number of hydrogen-bond donors (Lipinski definition) is 1. The highest BCUT2D eigenvalue weighted by Crippen LogP contribution is 2.28. The second-order valence-electron chi connectivity index (χ2n) is 5.34. The average molecular weight is 317 g/mol. The summed E-state index contributed by atoms with van der Waals surface area (Å²) in [5.74, 6) is 0.555. The van der Waals surface area contributed by atoms with Crippen LogP contribution in [0.15, 0.2) is 23.1 Å². The van der Waals surface area contributed by atoms with Crippen LogP contribution < -0.4 is 5.32 Å². The molecule has 0 aromatic heterocycles. The quantitative estimate of drug-likeness (QED) is 0.927. The highest BCUT2D eigenvalue weighted by molar-refractivity contribution is 7.89. The molecule has 20 heavy (non-hydrogen) atoms. The van der Waals surface area contributed by atoms with Crippen LogP contribution in [0.25, 0.3) is 0 Å². The molecule has 1 aliphatic heterocycles. The maximum Gasteiger partial charge on any atom is 0.244 e. The van der Waals surface area contributed by atoms with Crippen molar-refractivity contribution in [3.63, 3.8) is 0 Å². The molecule has 0 unspecified atom stereocenters. The van der Waals surface area contributed by atoms with Gasteiger partial charge in [-0.15, -0.1) is 0 Å². The lowest BCUT2D eigenvalue weighted by Gasteiger charge is -2.31. The predicted molar refractivity (Wildman–Crippen MR) is 81.6 cm³/mol. The van der Waals surface area contributed by atoms with Crippen LogP contribution in [0, 0.1) is 12.8 Å². The van der Waals surface area contributed by atoms with Gasteiger partial charge in [0, 0.05) is 13.1 Å². The molecule has 1 saturated heterocycles. The molecule has 1 N–H and O–H groups in total. The first kappa shape index (κ1) is 15.8. The second-order valence-corrected chi connectivity index (χ2v) is 7.65. The Morgan fingerprint density at radius 3 is 2.55 bits per heavy atom. The van der Waals surface area contributed by atoms with Crippen molar-refractivity contribution >= 4 is 21.6 Å². The molecule has 0 aliphatic carbocycles. The van der Waals surface area contributed by atoms with Crippen molar-refractivity contribution in [1.29, 1.82) is 0 Å². The second kappa shape index (κ2) is 6.43. The standard InChI is InChI=1S/C14H21ClN2O2S/c1-11-3-4-14(13(15)9-11)20(18,19)17-7-5-12(6-8-17)10-16-2/h3-4,9,12,16H,5-8,10H2,1-2H3. The summed E-state index contributed by atoms with van der Waals surface area (Å²) in [5, 5.41) is 3.46. The Bertz CT molecular complexity index is 567. The van der Waals surface area contributed by atoms with Gasteiger partial charge in [0.1, 0.15) is 4.90 Å². The number of piperidine rings is 1. The van der Waals surface area contributed by atoms with Gasteiger partial charge in [-0.3, -0.25) is 0 Å².